The quantitative estimate of drug-likeness (QED) is 0.396. The number of morpholine rings is 1. The Balaban J connectivity index is 0.00000261. The molecule has 7 nitrogen and oxygen atoms in total. The largest absolute Gasteiger partial charge is 0.382 e. The molecule has 1 N–H and O–H groups in total. The standard InChI is InChI=1S/C18H24FN5O2.HI/c1-20-18(23-7-8-26-15(11-23)12-25-2)22-10-14-3-4-17(16(19)9-14)24-6-5-21-13-24;/h3-6,9,13,15H,7-8,10-12H2,1-2H3,(H,20,22);1H. The van der Waals surface area contributed by atoms with Crippen molar-refractivity contribution in [3.8, 4) is 5.69 Å². The first-order chi connectivity index (χ1) is 12.7. The molecular weight excluding hydrogens is 464 g/mol. The van der Waals surface area contributed by atoms with Crippen molar-refractivity contribution >= 4 is 29.9 Å². The zero-order chi connectivity index (χ0) is 18.4. The number of aliphatic imine (C=N–C) groups is 1. The van der Waals surface area contributed by atoms with Crippen LogP contribution in [0.5, 0.6) is 0 Å². The summed E-state index contributed by atoms with van der Waals surface area (Å²) in [6.07, 6.45) is 4.94. The molecule has 0 spiro atoms. The van der Waals surface area contributed by atoms with Crippen molar-refractivity contribution in [2.24, 2.45) is 4.99 Å². The molecule has 1 saturated heterocycles. The summed E-state index contributed by atoms with van der Waals surface area (Å²) in [6, 6.07) is 5.18. The summed E-state index contributed by atoms with van der Waals surface area (Å²) in [5.74, 6) is 0.484. The minimum Gasteiger partial charge on any atom is -0.382 e. The normalized spacial score (nSPS) is 17.5. The third kappa shape index (κ3) is 5.63. The Morgan fingerprint density at radius 1 is 1.48 bits per heavy atom. The van der Waals surface area contributed by atoms with E-state index in [1.807, 2.05) is 6.07 Å². The molecule has 1 aliphatic rings. The summed E-state index contributed by atoms with van der Waals surface area (Å²) in [4.78, 5) is 10.4. The topological polar surface area (TPSA) is 63.9 Å². The van der Waals surface area contributed by atoms with Crippen molar-refractivity contribution in [2.45, 2.75) is 12.6 Å². The molecule has 2 aromatic rings. The average molecular weight is 489 g/mol. The van der Waals surface area contributed by atoms with Crippen LogP contribution in [0.3, 0.4) is 0 Å². The SMILES string of the molecule is CN=C(NCc1ccc(-n2ccnc2)c(F)c1)N1CCOC(COC)C1.I. The van der Waals surface area contributed by atoms with E-state index >= 15 is 0 Å². The summed E-state index contributed by atoms with van der Waals surface area (Å²) in [7, 11) is 3.41. The van der Waals surface area contributed by atoms with Gasteiger partial charge in [-0.3, -0.25) is 4.99 Å². The van der Waals surface area contributed by atoms with Crippen molar-refractivity contribution in [3.05, 3.63) is 48.3 Å². The maximum absolute atomic E-state index is 14.4. The van der Waals surface area contributed by atoms with Gasteiger partial charge in [0.25, 0.3) is 0 Å². The fourth-order valence-electron chi connectivity index (χ4n) is 2.98. The lowest BCUT2D eigenvalue weighted by Gasteiger charge is -2.34. The molecule has 1 unspecified atom stereocenters. The zero-order valence-corrected chi connectivity index (χ0v) is 17.8. The molecule has 1 fully saturated rings. The number of nitrogens with one attached hydrogen (secondary N) is 1. The number of hydrogen-bond acceptors (Lipinski definition) is 4. The minimum atomic E-state index is -0.288. The molecule has 1 aliphatic heterocycles. The van der Waals surface area contributed by atoms with Gasteiger partial charge in [0.15, 0.2) is 5.96 Å². The van der Waals surface area contributed by atoms with Crippen LogP contribution in [0.15, 0.2) is 41.9 Å². The third-order valence-corrected chi connectivity index (χ3v) is 4.25. The Labute approximate surface area is 175 Å². The van der Waals surface area contributed by atoms with E-state index in [0.29, 0.717) is 32.0 Å². The van der Waals surface area contributed by atoms with Crippen molar-refractivity contribution in [3.63, 3.8) is 0 Å². The van der Waals surface area contributed by atoms with Crippen LogP contribution in [-0.2, 0) is 16.0 Å². The Hall–Kier alpha value is -1.72. The summed E-state index contributed by atoms with van der Waals surface area (Å²) in [6.45, 7) is 3.13. The summed E-state index contributed by atoms with van der Waals surface area (Å²) in [5, 5.41) is 3.29. The predicted molar refractivity (Wildman–Crippen MR) is 112 cm³/mol. The molecule has 0 saturated carbocycles. The van der Waals surface area contributed by atoms with Crippen LogP contribution >= 0.6 is 24.0 Å². The summed E-state index contributed by atoms with van der Waals surface area (Å²) < 4.78 is 26.8. The van der Waals surface area contributed by atoms with E-state index in [1.54, 1.807) is 43.5 Å². The first kappa shape index (κ1) is 21.6. The second-order valence-corrected chi connectivity index (χ2v) is 6.05. The number of ether oxygens (including phenoxy) is 2. The number of nitrogens with zero attached hydrogens (tertiary/aromatic N) is 4. The first-order valence-electron chi connectivity index (χ1n) is 8.54. The highest BCUT2D eigenvalue weighted by Gasteiger charge is 2.22. The van der Waals surface area contributed by atoms with Gasteiger partial charge in [-0.1, -0.05) is 6.07 Å². The highest BCUT2D eigenvalue weighted by molar-refractivity contribution is 14.0. The number of hydrogen-bond donors (Lipinski definition) is 1. The second-order valence-electron chi connectivity index (χ2n) is 6.05. The maximum atomic E-state index is 14.4. The number of benzene rings is 1. The van der Waals surface area contributed by atoms with Crippen LogP contribution in [0.2, 0.25) is 0 Å². The second kappa shape index (κ2) is 10.6. The number of aromatic nitrogens is 2. The average Bonchev–Trinajstić information content (AvgIpc) is 3.17. The molecule has 148 valence electrons. The molecule has 0 amide bonds. The first-order valence-corrected chi connectivity index (χ1v) is 8.54. The monoisotopic (exact) mass is 489 g/mol. The van der Waals surface area contributed by atoms with Crippen LogP contribution in [0.4, 0.5) is 4.39 Å². The molecule has 0 radical (unpaired) electrons. The van der Waals surface area contributed by atoms with Crippen LogP contribution in [0.1, 0.15) is 5.56 Å². The van der Waals surface area contributed by atoms with Crippen molar-refractivity contribution in [1.82, 2.24) is 19.8 Å². The van der Waals surface area contributed by atoms with Crippen LogP contribution < -0.4 is 5.32 Å². The molecule has 2 heterocycles. The van der Waals surface area contributed by atoms with E-state index in [2.05, 4.69) is 20.2 Å². The van der Waals surface area contributed by atoms with Crippen LogP contribution in [-0.4, -0.2) is 67.0 Å². The zero-order valence-electron chi connectivity index (χ0n) is 15.5. The highest BCUT2D eigenvalue weighted by atomic mass is 127. The van der Waals surface area contributed by atoms with E-state index in [9.17, 15) is 4.39 Å². The van der Waals surface area contributed by atoms with Crippen LogP contribution in [0.25, 0.3) is 5.69 Å². The lowest BCUT2D eigenvalue weighted by molar-refractivity contribution is -0.0447. The molecule has 1 aromatic carbocycles. The van der Waals surface area contributed by atoms with Gasteiger partial charge in [-0.05, 0) is 17.7 Å². The minimum absolute atomic E-state index is 0. The van der Waals surface area contributed by atoms with Gasteiger partial charge in [-0.15, -0.1) is 24.0 Å². The molecule has 1 atom stereocenters. The van der Waals surface area contributed by atoms with E-state index in [1.165, 1.54) is 6.07 Å². The maximum Gasteiger partial charge on any atom is 0.194 e. The van der Waals surface area contributed by atoms with E-state index in [-0.39, 0.29) is 35.9 Å². The summed E-state index contributed by atoms with van der Waals surface area (Å²) in [5.41, 5.74) is 1.32. The third-order valence-electron chi connectivity index (χ3n) is 4.25. The van der Waals surface area contributed by atoms with Gasteiger partial charge >= 0.3 is 0 Å². The lowest BCUT2D eigenvalue weighted by Crippen LogP contribution is -2.51. The summed E-state index contributed by atoms with van der Waals surface area (Å²) >= 11 is 0. The molecule has 3 rings (SSSR count). The molecule has 9 heteroatoms. The number of halogens is 2. The van der Waals surface area contributed by atoms with Crippen molar-refractivity contribution in [1.29, 1.82) is 0 Å². The molecule has 27 heavy (non-hydrogen) atoms. The van der Waals surface area contributed by atoms with E-state index < -0.39 is 0 Å². The van der Waals surface area contributed by atoms with E-state index in [0.717, 1.165) is 18.1 Å². The fraction of sp³-hybridized carbons (Fsp3) is 0.444. The Morgan fingerprint density at radius 3 is 3.00 bits per heavy atom. The Morgan fingerprint density at radius 2 is 2.33 bits per heavy atom. The molecule has 1 aromatic heterocycles. The number of rotatable bonds is 5. The lowest BCUT2D eigenvalue weighted by atomic mass is 10.2. The number of imidazole rings is 1. The number of methoxy groups -OCH3 is 1. The Kier molecular flexibility index (Phi) is 8.45. The highest BCUT2D eigenvalue weighted by Crippen LogP contribution is 2.15. The van der Waals surface area contributed by atoms with Gasteiger partial charge in [-0.2, -0.15) is 0 Å². The van der Waals surface area contributed by atoms with Crippen molar-refractivity contribution in [2.75, 3.05) is 40.5 Å². The van der Waals surface area contributed by atoms with Gasteiger partial charge in [-0.25, -0.2) is 9.37 Å². The van der Waals surface area contributed by atoms with Crippen molar-refractivity contribution < 1.29 is 13.9 Å². The molecule has 0 aliphatic carbocycles. The van der Waals surface area contributed by atoms with Gasteiger partial charge in [0, 0.05) is 46.2 Å². The van der Waals surface area contributed by atoms with Gasteiger partial charge in [0.1, 0.15) is 5.82 Å². The number of guanidine groups is 1. The smallest absolute Gasteiger partial charge is 0.194 e. The van der Waals surface area contributed by atoms with Crippen LogP contribution in [0, 0.1) is 5.82 Å². The van der Waals surface area contributed by atoms with Gasteiger partial charge in [0.2, 0.25) is 0 Å². The van der Waals surface area contributed by atoms with E-state index in [4.69, 9.17) is 9.47 Å². The Bertz CT molecular complexity index is 739. The molecule has 0 bridgehead atoms. The predicted octanol–water partition coefficient (Wildman–Crippen LogP) is 2.05. The molecular formula is C18H25FIN5O2. The van der Waals surface area contributed by atoms with Gasteiger partial charge < -0.3 is 24.3 Å². The fourth-order valence-corrected chi connectivity index (χ4v) is 2.98. The van der Waals surface area contributed by atoms with Gasteiger partial charge in [0.05, 0.1) is 31.3 Å².